The number of likely N-dealkylation sites (tertiary alicyclic amines) is 1. The third-order valence-corrected chi connectivity index (χ3v) is 3.65. The average Bonchev–Trinajstić information content (AvgIpc) is 2.26. The van der Waals surface area contributed by atoms with E-state index in [2.05, 4.69) is 37.9 Å². The maximum atomic E-state index is 3.80. The van der Waals surface area contributed by atoms with Gasteiger partial charge in [0.25, 0.3) is 0 Å². The van der Waals surface area contributed by atoms with Crippen LogP contribution in [0.1, 0.15) is 53.4 Å². The zero-order chi connectivity index (χ0) is 12.0. The van der Waals surface area contributed by atoms with Crippen LogP contribution >= 0.6 is 0 Å². The fourth-order valence-corrected chi connectivity index (χ4v) is 2.55. The summed E-state index contributed by atoms with van der Waals surface area (Å²) < 4.78 is 0. The van der Waals surface area contributed by atoms with Crippen molar-refractivity contribution in [2.45, 2.75) is 65.5 Å². The molecule has 2 nitrogen and oxygen atoms in total. The van der Waals surface area contributed by atoms with Gasteiger partial charge in [-0.3, -0.25) is 0 Å². The van der Waals surface area contributed by atoms with Crippen molar-refractivity contribution >= 4 is 0 Å². The van der Waals surface area contributed by atoms with E-state index in [-0.39, 0.29) is 0 Å². The lowest BCUT2D eigenvalue weighted by Crippen LogP contribution is -2.48. The molecule has 1 rings (SSSR count). The lowest BCUT2D eigenvalue weighted by Gasteiger charge is -2.34. The molecular formula is C14H30N2. The summed E-state index contributed by atoms with van der Waals surface area (Å²) in [6.45, 7) is 13.0. The van der Waals surface area contributed by atoms with Gasteiger partial charge in [-0.05, 0) is 51.6 Å². The number of nitrogens with zero attached hydrogens (tertiary/aromatic N) is 1. The molecule has 0 aromatic carbocycles. The molecule has 1 aliphatic heterocycles. The van der Waals surface area contributed by atoms with Gasteiger partial charge in [-0.2, -0.15) is 0 Å². The third kappa shape index (κ3) is 5.31. The number of hydrogen-bond acceptors (Lipinski definition) is 2. The Morgan fingerprint density at radius 2 is 2.00 bits per heavy atom. The summed E-state index contributed by atoms with van der Waals surface area (Å²) in [5.41, 5.74) is 0. The van der Waals surface area contributed by atoms with Gasteiger partial charge in [-0.1, -0.05) is 20.8 Å². The molecule has 0 aliphatic carbocycles. The third-order valence-electron chi connectivity index (χ3n) is 3.65. The average molecular weight is 226 g/mol. The zero-order valence-corrected chi connectivity index (χ0v) is 11.6. The van der Waals surface area contributed by atoms with Crippen LogP contribution in [0.25, 0.3) is 0 Å². The molecule has 0 amide bonds. The van der Waals surface area contributed by atoms with Gasteiger partial charge in [0, 0.05) is 18.6 Å². The van der Waals surface area contributed by atoms with E-state index >= 15 is 0 Å². The van der Waals surface area contributed by atoms with Crippen molar-refractivity contribution in [1.29, 1.82) is 0 Å². The highest BCUT2D eigenvalue weighted by Crippen LogP contribution is 2.12. The Morgan fingerprint density at radius 3 is 2.62 bits per heavy atom. The molecule has 1 N–H and O–H groups in total. The molecule has 0 bridgehead atoms. The maximum Gasteiger partial charge on any atom is 0.0197 e. The summed E-state index contributed by atoms with van der Waals surface area (Å²) in [6, 6.07) is 1.42. The maximum absolute atomic E-state index is 3.80. The second kappa shape index (κ2) is 7.29. The van der Waals surface area contributed by atoms with Gasteiger partial charge in [0.1, 0.15) is 0 Å². The number of nitrogens with one attached hydrogen (secondary N) is 1. The monoisotopic (exact) mass is 226 g/mol. The predicted octanol–water partition coefficient (Wildman–Crippen LogP) is 2.89. The van der Waals surface area contributed by atoms with Crippen LogP contribution in [0.4, 0.5) is 0 Å². The van der Waals surface area contributed by atoms with E-state index in [1.54, 1.807) is 0 Å². The van der Waals surface area contributed by atoms with Crippen LogP contribution in [-0.2, 0) is 0 Å². The van der Waals surface area contributed by atoms with Crippen LogP contribution in [0, 0.1) is 5.92 Å². The van der Waals surface area contributed by atoms with Crippen LogP contribution in [0.15, 0.2) is 0 Å². The minimum Gasteiger partial charge on any atom is -0.310 e. The highest BCUT2D eigenvalue weighted by Gasteiger charge is 2.19. The fraction of sp³-hybridized carbons (Fsp3) is 1.00. The predicted molar refractivity (Wildman–Crippen MR) is 71.8 cm³/mol. The molecule has 0 aromatic rings. The van der Waals surface area contributed by atoms with E-state index in [9.17, 15) is 0 Å². The summed E-state index contributed by atoms with van der Waals surface area (Å²) >= 11 is 0. The second-order valence-corrected chi connectivity index (χ2v) is 5.77. The molecule has 1 saturated heterocycles. The quantitative estimate of drug-likeness (QED) is 0.749. The molecule has 0 saturated carbocycles. The first-order valence-corrected chi connectivity index (χ1v) is 7.10. The van der Waals surface area contributed by atoms with Crippen molar-refractivity contribution < 1.29 is 0 Å². The van der Waals surface area contributed by atoms with Crippen molar-refractivity contribution in [3.63, 3.8) is 0 Å². The minimum absolute atomic E-state index is 0.684. The van der Waals surface area contributed by atoms with E-state index in [1.807, 2.05) is 0 Å². The Hall–Kier alpha value is -0.0800. The van der Waals surface area contributed by atoms with Crippen molar-refractivity contribution in [2.75, 3.05) is 19.6 Å². The van der Waals surface area contributed by atoms with E-state index < -0.39 is 0 Å². The van der Waals surface area contributed by atoms with E-state index in [0.717, 1.165) is 12.0 Å². The van der Waals surface area contributed by atoms with Gasteiger partial charge in [0.15, 0.2) is 0 Å². The summed E-state index contributed by atoms with van der Waals surface area (Å²) in [5, 5.41) is 3.80. The summed E-state index contributed by atoms with van der Waals surface area (Å²) in [6.07, 6.45) is 5.39. The van der Waals surface area contributed by atoms with Gasteiger partial charge in [0.05, 0.1) is 0 Å². The molecule has 2 heteroatoms. The summed E-state index contributed by atoms with van der Waals surface area (Å²) in [7, 11) is 0. The lowest BCUT2D eigenvalue weighted by atomic mass is 10.0. The fourth-order valence-electron chi connectivity index (χ4n) is 2.55. The summed E-state index contributed by atoms with van der Waals surface area (Å²) in [5.74, 6) is 0.836. The number of rotatable bonds is 6. The van der Waals surface area contributed by atoms with Crippen molar-refractivity contribution in [3.05, 3.63) is 0 Å². The Kier molecular flexibility index (Phi) is 6.37. The topological polar surface area (TPSA) is 15.3 Å². The zero-order valence-electron chi connectivity index (χ0n) is 11.6. The Bertz CT molecular complexity index is 180. The van der Waals surface area contributed by atoms with Gasteiger partial charge < -0.3 is 10.2 Å². The first kappa shape index (κ1) is 14.0. The molecule has 0 radical (unpaired) electrons. The molecule has 16 heavy (non-hydrogen) atoms. The second-order valence-electron chi connectivity index (χ2n) is 5.77. The van der Waals surface area contributed by atoms with E-state index in [1.165, 1.54) is 45.3 Å². The standard InChI is InChI=1S/C14H30N2/c1-5-16-10-6-7-14(11-16)15-13(4)9-8-12(2)3/h12-15H,5-11H2,1-4H3. The largest absolute Gasteiger partial charge is 0.310 e. The van der Waals surface area contributed by atoms with E-state index in [4.69, 9.17) is 0 Å². The number of piperidine rings is 1. The van der Waals surface area contributed by atoms with Gasteiger partial charge in [0.2, 0.25) is 0 Å². The Morgan fingerprint density at radius 1 is 1.25 bits per heavy atom. The lowest BCUT2D eigenvalue weighted by molar-refractivity contribution is 0.189. The van der Waals surface area contributed by atoms with Crippen LogP contribution in [0.5, 0.6) is 0 Å². The normalized spacial score (nSPS) is 24.9. The van der Waals surface area contributed by atoms with Crippen molar-refractivity contribution in [1.82, 2.24) is 10.2 Å². The molecule has 0 spiro atoms. The van der Waals surface area contributed by atoms with Crippen LogP contribution < -0.4 is 5.32 Å². The molecule has 1 heterocycles. The molecule has 2 unspecified atom stereocenters. The first-order chi connectivity index (χ1) is 7.61. The molecule has 1 fully saturated rings. The van der Waals surface area contributed by atoms with Crippen molar-refractivity contribution in [2.24, 2.45) is 5.92 Å². The SMILES string of the molecule is CCN1CCCC(NC(C)CCC(C)C)C1. The van der Waals surface area contributed by atoms with Crippen LogP contribution in [0.3, 0.4) is 0 Å². The Balaban J connectivity index is 2.19. The van der Waals surface area contributed by atoms with Crippen LogP contribution in [-0.4, -0.2) is 36.6 Å². The summed E-state index contributed by atoms with van der Waals surface area (Å²) in [4.78, 5) is 2.57. The molecule has 1 aliphatic rings. The van der Waals surface area contributed by atoms with Gasteiger partial charge in [-0.15, -0.1) is 0 Å². The van der Waals surface area contributed by atoms with E-state index in [0.29, 0.717) is 6.04 Å². The molecule has 2 atom stereocenters. The number of likely N-dealkylation sites (N-methyl/N-ethyl adjacent to an activating group) is 1. The number of hydrogen-bond donors (Lipinski definition) is 1. The first-order valence-electron chi connectivity index (χ1n) is 7.10. The smallest absolute Gasteiger partial charge is 0.0197 e. The van der Waals surface area contributed by atoms with Gasteiger partial charge in [-0.25, -0.2) is 0 Å². The molecule has 96 valence electrons. The molecular weight excluding hydrogens is 196 g/mol. The van der Waals surface area contributed by atoms with Gasteiger partial charge >= 0.3 is 0 Å². The Labute approximate surface area is 102 Å². The minimum atomic E-state index is 0.684. The highest BCUT2D eigenvalue weighted by molar-refractivity contribution is 4.79. The van der Waals surface area contributed by atoms with Crippen LogP contribution in [0.2, 0.25) is 0 Å². The highest BCUT2D eigenvalue weighted by atomic mass is 15.2. The molecule has 0 aromatic heterocycles. The van der Waals surface area contributed by atoms with Crippen molar-refractivity contribution in [3.8, 4) is 0 Å².